The van der Waals surface area contributed by atoms with Crippen molar-refractivity contribution in [3.63, 3.8) is 0 Å². The second-order valence-electron chi connectivity index (χ2n) is 5.63. The number of hydrogen-bond acceptors (Lipinski definition) is 5. The molecule has 4 rings (SSSR count). The van der Waals surface area contributed by atoms with E-state index in [1.54, 1.807) is 6.92 Å². The van der Waals surface area contributed by atoms with Crippen LogP contribution >= 0.6 is 11.3 Å². The lowest BCUT2D eigenvalue weighted by Crippen LogP contribution is -2.07. The number of aromatic hydroxyl groups is 1. The van der Waals surface area contributed by atoms with Gasteiger partial charge < -0.3 is 9.84 Å². The average molecular weight is 349 g/mol. The van der Waals surface area contributed by atoms with Crippen molar-refractivity contribution >= 4 is 39.1 Å². The van der Waals surface area contributed by atoms with E-state index in [2.05, 4.69) is 4.98 Å². The minimum absolute atomic E-state index is 0.0876. The number of carbonyl (C=O) groups is 1. The van der Waals surface area contributed by atoms with Crippen LogP contribution in [0.5, 0.6) is 5.75 Å². The van der Waals surface area contributed by atoms with Gasteiger partial charge in [-0.05, 0) is 47.5 Å². The summed E-state index contributed by atoms with van der Waals surface area (Å²) in [7, 11) is 0. The molecular formula is C20H15NO3S. The maximum atomic E-state index is 12.5. The van der Waals surface area contributed by atoms with Crippen LogP contribution in [0.3, 0.4) is 0 Å². The van der Waals surface area contributed by atoms with Crippen molar-refractivity contribution < 1.29 is 14.6 Å². The number of aromatic nitrogens is 1. The van der Waals surface area contributed by atoms with Crippen LogP contribution in [0.1, 0.15) is 17.3 Å². The number of benzene rings is 2. The summed E-state index contributed by atoms with van der Waals surface area (Å²) < 4.78 is 5.17. The van der Waals surface area contributed by atoms with Crippen molar-refractivity contribution in [1.82, 2.24) is 4.98 Å². The second-order valence-corrected chi connectivity index (χ2v) is 6.41. The predicted molar refractivity (Wildman–Crippen MR) is 100 cm³/mol. The van der Waals surface area contributed by atoms with E-state index in [-0.39, 0.29) is 17.9 Å². The van der Waals surface area contributed by atoms with Crippen LogP contribution in [0.4, 0.5) is 0 Å². The second kappa shape index (κ2) is 6.18. The number of esters is 1. The van der Waals surface area contributed by atoms with E-state index < -0.39 is 5.97 Å². The molecule has 1 N–H and O–H groups in total. The maximum Gasteiger partial charge on any atom is 0.342 e. The Labute approximate surface area is 148 Å². The van der Waals surface area contributed by atoms with E-state index in [1.807, 2.05) is 53.2 Å². The summed E-state index contributed by atoms with van der Waals surface area (Å²) in [5, 5.41) is 16.2. The lowest BCUT2D eigenvalue weighted by atomic mass is 9.97. The molecule has 2 aromatic carbocycles. The third-order valence-corrected chi connectivity index (χ3v) is 4.79. The first-order valence-corrected chi connectivity index (χ1v) is 8.88. The van der Waals surface area contributed by atoms with Gasteiger partial charge in [-0.25, -0.2) is 9.78 Å². The van der Waals surface area contributed by atoms with Crippen LogP contribution < -0.4 is 0 Å². The summed E-state index contributed by atoms with van der Waals surface area (Å²) in [6.45, 7) is 1.99. The Balaban J connectivity index is 2.08. The van der Waals surface area contributed by atoms with Gasteiger partial charge in [0.25, 0.3) is 0 Å². The minimum atomic E-state index is -0.531. The number of hydrogen-bond donors (Lipinski definition) is 1. The molecule has 0 amide bonds. The number of fused-ring (bicyclic) bond motifs is 2. The molecule has 0 fully saturated rings. The van der Waals surface area contributed by atoms with Gasteiger partial charge >= 0.3 is 5.97 Å². The molecule has 0 spiro atoms. The number of para-hydroxylation sites is 1. The molecule has 0 bridgehead atoms. The van der Waals surface area contributed by atoms with Crippen molar-refractivity contribution in [1.29, 1.82) is 0 Å². The molecule has 2 aromatic heterocycles. The SMILES string of the molecule is CCOC(=O)c1c(-c2ccsc2)cc2nc3ccccc3cc2c1O. The van der Waals surface area contributed by atoms with E-state index in [0.717, 1.165) is 16.5 Å². The lowest BCUT2D eigenvalue weighted by Gasteiger charge is -2.13. The number of pyridine rings is 1. The van der Waals surface area contributed by atoms with E-state index in [1.165, 1.54) is 11.3 Å². The molecule has 0 unspecified atom stereocenters. The van der Waals surface area contributed by atoms with Gasteiger partial charge in [0.15, 0.2) is 0 Å². The normalized spacial score (nSPS) is 11.1. The quantitative estimate of drug-likeness (QED) is 0.418. The molecule has 4 aromatic rings. The van der Waals surface area contributed by atoms with Crippen LogP contribution in [0.15, 0.2) is 53.2 Å². The fourth-order valence-corrected chi connectivity index (χ4v) is 3.61. The number of nitrogens with zero attached hydrogens (tertiary/aromatic N) is 1. The molecule has 25 heavy (non-hydrogen) atoms. The van der Waals surface area contributed by atoms with Crippen molar-refractivity contribution in [2.45, 2.75) is 6.92 Å². The van der Waals surface area contributed by atoms with E-state index in [9.17, 15) is 9.90 Å². The van der Waals surface area contributed by atoms with Crippen molar-refractivity contribution in [2.24, 2.45) is 0 Å². The number of rotatable bonds is 3. The summed E-state index contributed by atoms with van der Waals surface area (Å²) in [6, 6.07) is 13.3. The molecular weight excluding hydrogens is 334 g/mol. The zero-order chi connectivity index (χ0) is 17.4. The molecule has 0 saturated carbocycles. The predicted octanol–water partition coefficient (Wildman–Crippen LogP) is 5.00. The Morgan fingerprint density at radius 1 is 1.20 bits per heavy atom. The topological polar surface area (TPSA) is 59.4 Å². The number of thiophene rings is 1. The van der Waals surface area contributed by atoms with Gasteiger partial charge in [0.2, 0.25) is 0 Å². The largest absolute Gasteiger partial charge is 0.506 e. The Morgan fingerprint density at radius 3 is 2.80 bits per heavy atom. The highest BCUT2D eigenvalue weighted by Crippen LogP contribution is 2.38. The van der Waals surface area contributed by atoms with E-state index in [4.69, 9.17) is 4.74 Å². The summed E-state index contributed by atoms with van der Waals surface area (Å²) >= 11 is 1.53. The molecule has 124 valence electrons. The average Bonchev–Trinajstić information content (AvgIpc) is 3.15. The van der Waals surface area contributed by atoms with E-state index in [0.29, 0.717) is 16.5 Å². The molecule has 0 atom stereocenters. The monoisotopic (exact) mass is 349 g/mol. The van der Waals surface area contributed by atoms with Crippen LogP contribution in [-0.2, 0) is 4.74 Å². The third-order valence-electron chi connectivity index (χ3n) is 4.11. The van der Waals surface area contributed by atoms with Crippen LogP contribution in [-0.4, -0.2) is 22.7 Å². The first kappa shape index (κ1) is 15.6. The lowest BCUT2D eigenvalue weighted by molar-refractivity contribution is 0.0524. The standard InChI is InChI=1S/C20H15NO3S/c1-2-24-20(23)18-14(13-7-8-25-11-13)10-17-15(19(18)22)9-12-5-3-4-6-16(12)21-17/h3-11,22H,2H2,1H3. The Hall–Kier alpha value is -2.92. The summed E-state index contributed by atoms with van der Waals surface area (Å²) in [5.74, 6) is -0.619. The summed E-state index contributed by atoms with van der Waals surface area (Å²) in [4.78, 5) is 17.1. The number of phenolic OH excluding ortho intramolecular Hbond substituents is 1. The van der Waals surface area contributed by atoms with Gasteiger partial charge in [0, 0.05) is 16.3 Å². The number of phenols is 1. The highest BCUT2D eigenvalue weighted by atomic mass is 32.1. The van der Waals surface area contributed by atoms with Gasteiger partial charge in [0.1, 0.15) is 11.3 Å². The molecule has 0 saturated heterocycles. The first-order valence-electron chi connectivity index (χ1n) is 7.94. The molecule has 0 aliphatic rings. The first-order chi connectivity index (χ1) is 12.2. The van der Waals surface area contributed by atoms with Crippen molar-refractivity contribution in [3.05, 3.63) is 58.8 Å². The molecule has 4 nitrogen and oxygen atoms in total. The fourth-order valence-electron chi connectivity index (χ4n) is 2.96. The molecule has 5 heteroatoms. The fraction of sp³-hybridized carbons (Fsp3) is 0.100. The van der Waals surface area contributed by atoms with Crippen LogP contribution in [0, 0.1) is 0 Å². The Kier molecular flexibility index (Phi) is 3.86. The molecule has 2 heterocycles. The van der Waals surface area contributed by atoms with Gasteiger partial charge in [-0.3, -0.25) is 0 Å². The smallest absolute Gasteiger partial charge is 0.342 e. The maximum absolute atomic E-state index is 12.5. The summed E-state index contributed by atoms with van der Waals surface area (Å²) in [6.07, 6.45) is 0. The summed E-state index contributed by atoms with van der Waals surface area (Å²) in [5.41, 5.74) is 3.16. The highest BCUT2D eigenvalue weighted by Gasteiger charge is 2.22. The minimum Gasteiger partial charge on any atom is -0.506 e. The zero-order valence-corrected chi connectivity index (χ0v) is 14.3. The third kappa shape index (κ3) is 2.62. The van der Waals surface area contributed by atoms with Gasteiger partial charge in [-0.15, -0.1) is 0 Å². The number of ether oxygens (including phenoxy) is 1. The van der Waals surface area contributed by atoms with Crippen molar-refractivity contribution in [2.75, 3.05) is 6.61 Å². The Morgan fingerprint density at radius 2 is 2.04 bits per heavy atom. The molecule has 0 aliphatic carbocycles. The van der Waals surface area contributed by atoms with Gasteiger partial charge in [-0.2, -0.15) is 11.3 Å². The Bertz CT molecular complexity index is 1090. The molecule has 0 aliphatic heterocycles. The van der Waals surface area contributed by atoms with Gasteiger partial charge in [0.05, 0.1) is 17.6 Å². The van der Waals surface area contributed by atoms with Crippen LogP contribution in [0.2, 0.25) is 0 Å². The van der Waals surface area contributed by atoms with Crippen LogP contribution in [0.25, 0.3) is 32.9 Å². The highest BCUT2D eigenvalue weighted by molar-refractivity contribution is 7.08. The number of carbonyl (C=O) groups excluding carboxylic acids is 1. The molecule has 0 radical (unpaired) electrons. The zero-order valence-electron chi connectivity index (χ0n) is 13.5. The van der Waals surface area contributed by atoms with Crippen molar-refractivity contribution in [3.8, 4) is 16.9 Å². The van der Waals surface area contributed by atoms with Gasteiger partial charge in [-0.1, -0.05) is 18.2 Å². The van der Waals surface area contributed by atoms with E-state index >= 15 is 0 Å².